The van der Waals surface area contributed by atoms with Crippen LogP contribution in [0.5, 0.6) is 5.75 Å². The molecule has 3 aromatic carbocycles. The van der Waals surface area contributed by atoms with Gasteiger partial charge in [0.05, 0.1) is 17.1 Å². The maximum absolute atomic E-state index is 10.7. The second-order valence-electron chi connectivity index (χ2n) is 7.19. The van der Waals surface area contributed by atoms with E-state index in [-0.39, 0.29) is 11.4 Å². The van der Waals surface area contributed by atoms with Gasteiger partial charge in [-0.3, -0.25) is 0 Å². The van der Waals surface area contributed by atoms with Crippen molar-refractivity contribution in [1.82, 2.24) is 0 Å². The number of azo groups is 2. The number of allylic oxidation sites excluding steroid dienone is 2. The van der Waals surface area contributed by atoms with Crippen molar-refractivity contribution in [2.45, 2.75) is 23.6 Å². The highest BCUT2D eigenvalue weighted by molar-refractivity contribution is 7.84. The molecule has 3 rings (SSSR count). The Hall–Kier alpha value is -2.40. The number of thiol groups is 4. The molecule has 33 heavy (non-hydrogen) atoms. The van der Waals surface area contributed by atoms with Crippen molar-refractivity contribution in [2.24, 2.45) is 20.5 Å². The van der Waals surface area contributed by atoms with Crippen molar-refractivity contribution in [1.29, 1.82) is 0 Å². The number of aryl methyl sites for hydroxylation is 1. The Morgan fingerprint density at radius 1 is 1.03 bits per heavy atom. The summed E-state index contributed by atoms with van der Waals surface area (Å²) in [6.45, 7) is 3.76. The maximum atomic E-state index is 10.7. The smallest absolute Gasteiger partial charge is 0.152 e. The molecule has 0 aliphatic heterocycles. The predicted octanol–water partition coefficient (Wildman–Crippen LogP) is 7.86. The fraction of sp³-hybridized carbons (Fsp3) is 0.130. The second kappa shape index (κ2) is 11.1. The molecule has 3 aromatic rings. The number of nitrogens with zero attached hydrogens (tertiary/aromatic N) is 4. The third-order valence-corrected chi connectivity index (χ3v) is 6.33. The van der Waals surface area contributed by atoms with Crippen molar-refractivity contribution in [2.75, 3.05) is 11.5 Å². The van der Waals surface area contributed by atoms with Crippen LogP contribution >= 0.6 is 50.5 Å². The van der Waals surface area contributed by atoms with Crippen LogP contribution in [0.25, 0.3) is 10.8 Å². The van der Waals surface area contributed by atoms with Gasteiger partial charge in [-0.2, -0.15) is 28.0 Å². The van der Waals surface area contributed by atoms with Crippen LogP contribution in [0, 0.1) is 6.92 Å². The number of fused-ring (bicyclic) bond motifs is 1. The largest absolute Gasteiger partial charge is 0.505 e. The highest BCUT2D eigenvalue weighted by Gasteiger charge is 2.14. The predicted molar refractivity (Wildman–Crippen MR) is 148 cm³/mol. The minimum absolute atomic E-state index is 0.0523. The van der Waals surface area contributed by atoms with Gasteiger partial charge in [-0.15, -0.1) is 43.0 Å². The quantitative estimate of drug-likeness (QED) is 0.0876. The average Bonchev–Trinajstić information content (AvgIpc) is 2.80. The molecule has 0 aliphatic carbocycles. The third kappa shape index (κ3) is 6.14. The highest BCUT2D eigenvalue weighted by atomic mass is 32.1. The van der Waals surface area contributed by atoms with E-state index in [1.54, 1.807) is 31.2 Å². The summed E-state index contributed by atoms with van der Waals surface area (Å²) in [5.41, 5.74) is 9.67. The summed E-state index contributed by atoms with van der Waals surface area (Å²) in [4.78, 5) is 1.55. The molecule has 0 aliphatic rings. The topological polar surface area (TPSA) is 95.7 Å². The SMILES string of the molecule is C/C(N=Nc1c(S)cc2c(S)c(N)ccc2c1O)=C(S)\C=C(/CS)N=Nc1ccc(C)cc1. The van der Waals surface area contributed by atoms with Crippen LogP contribution in [0.15, 0.2) is 95.1 Å². The summed E-state index contributed by atoms with van der Waals surface area (Å²) in [5.74, 6) is 0.314. The normalized spacial score (nSPS) is 13.3. The lowest BCUT2D eigenvalue weighted by atomic mass is 10.1. The summed E-state index contributed by atoms with van der Waals surface area (Å²) >= 11 is 17.7. The van der Waals surface area contributed by atoms with E-state index >= 15 is 0 Å². The van der Waals surface area contributed by atoms with Gasteiger partial charge in [-0.25, -0.2) is 0 Å². The summed E-state index contributed by atoms with van der Waals surface area (Å²) in [5, 5.41) is 28.8. The van der Waals surface area contributed by atoms with E-state index in [1.807, 2.05) is 31.2 Å². The monoisotopic (exact) mass is 513 g/mol. The van der Waals surface area contributed by atoms with Crippen molar-refractivity contribution >= 4 is 78.3 Å². The molecule has 0 fully saturated rings. The number of hydrogen-bond donors (Lipinski definition) is 6. The van der Waals surface area contributed by atoms with E-state index in [0.717, 1.165) is 11.3 Å². The Morgan fingerprint density at radius 2 is 1.73 bits per heavy atom. The third-order valence-electron chi connectivity index (χ3n) is 4.72. The lowest BCUT2D eigenvalue weighted by molar-refractivity contribution is 0.481. The number of aromatic hydroxyl groups is 1. The number of phenols is 1. The Kier molecular flexibility index (Phi) is 8.52. The number of hydrogen-bond acceptors (Lipinski definition) is 10. The molecule has 0 spiro atoms. The maximum Gasteiger partial charge on any atom is 0.152 e. The Balaban J connectivity index is 1.89. The van der Waals surface area contributed by atoms with Gasteiger partial charge in [0, 0.05) is 36.9 Å². The number of phenolic OH excluding ortho intramolecular Hbond substituents is 1. The van der Waals surface area contributed by atoms with Crippen LogP contribution < -0.4 is 5.73 Å². The van der Waals surface area contributed by atoms with Crippen LogP contribution in [-0.2, 0) is 0 Å². The van der Waals surface area contributed by atoms with Crippen LogP contribution in [-0.4, -0.2) is 10.9 Å². The molecule has 0 amide bonds. The van der Waals surface area contributed by atoms with E-state index in [9.17, 15) is 5.11 Å². The fourth-order valence-electron chi connectivity index (χ4n) is 2.81. The van der Waals surface area contributed by atoms with Gasteiger partial charge in [0.2, 0.25) is 0 Å². The molecular weight excluding hydrogens is 491 g/mol. The van der Waals surface area contributed by atoms with Crippen molar-refractivity contribution in [3.63, 3.8) is 0 Å². The molecular formula is C23H23N5OS4. The van der Waals surface area contributed by atoms with Crippen molar-refractivity contribution in [3.8, 4) is 5.75 Å². The fourth-order valence-corrected chi connectivity index (χ4v) is 3.70. The van der Waals surface area contributed by atoms with Gasteiger partial charge >= 0.3 is 0 Å². The Bertz CT molecular complexity index is 1310. The number of benzene rings is 3. The number of rotatable bonds is 6. The summed E-state index contributed by atoms with van der Waals surface area (Å²) in [7, 11) is 0. The lowest BCUT2D eigenvalue weighted by Crippen LogP contribution is -1.88. The van der Waals surface area contributed by atoms with Crippen molar-refractivity contribution in [3.05, 3.63) is 70.4 Å². The van der Waals surface area contributed by atoms with E-state index in [2.05, 4.69) is 71.0 Å². The molecule has 170 valence electrons. The zero-order valence-corrected chi connectivity index (χ0v) is 21.5. The Labute approximate surface area is 214 Å². The lowest BCUT2D eigenvalue weighted by Gasteiger charge is -2.10. The minimum Gasteiger partial charge on any atom is -0.505 e. The second-order valence-corrected chi connectivity index (χ2v) is 8.92. The summed E-state index contributed by atoms with van der Waals surface area (Å²) in [6, 6.07) is 12.8. The van der Waals surface area contributed by atoms with Gasteiger partial charge in [-0.1, -0.05) is 17.7 Å². The molecule has 0 atom stereocenters. The minimum atomic E-state index is -0.0523. The molecule has 0 radical (unpaired) electrons. The molecule has 0 saturated heterocycles. The van der Waals surface area contributed by atoms with Crippen LogP contribution in [0.2, 0.25) is 0 Å². The number of nitrogens with two attached hydrogens (primary N) is 1. The van der Waals surface area contributed by atoms with Gasteiger partial charge in [0.25, 0.3) is 0 Å². The van der Waals surface area contributed by atoms with Crippen LogP contribution in [0.4, 0.5) is 17.1 Å². The first-order valence-electron chi connectivity index (χ1n) is 9.78. The zero-order chi connectivity index (χ0) is 24.1. The first-order chi connectivity index (χ1) is 15.7. The van der Waals surface area contributed by atoms with Crippen LogP contribution in [0.1, 0.15) is 12.5 Å². The highest BCUT2D eigenvalue weighted by Crippen LogP contribution is 2.43. The summed E-state index contributed by atoms with van der Waals surface area (Å²) in [6.07, 6.45) is 1.72. The standard InChI is InChI=1S/C23H23N5OS4/c1-12-3-5-14(6-4-12)26-27-15(11-30)9-19(31)13(2)25-28-21-20(32)10-17-16(22(21)29)7-8-18(24)23(17)33/h3-10,29-33H,11,24H2,1-2H3/b15-9+,19-13-,27-26?,28-25?. The number of nitrogen functional groups attached to an aromatic ring is 1. The van der Waals surface area contributed by atoms with Gasteiger partial charge in [-0.05, 0) is 50.3 Å². The molecule has 3 N–H and O–H groups in total. The first-order valence-corrected chi connectivity index (χ1v) is 11.8. The summed E-state index contributed by atoms with van der Waals surface area (Å²) < 4.78 is 0. The Morgan fingerprint density at radius 3 is 2.39 bits per heavy atom. The van der Waals surface area contributed by atoms with E-state index in [0.29, 0.717) is 48.3 Å². The molecule has 0 heterocycles. The van der Waals surface area contributed by atoms with E-state index < -0.39 is 0 Å². The molecule has 0 bridgehead atoms. The zero-order valence-electron chi connectivity index (χ0n) is 17.9. The molecule has 0 saturated carbocycles. The van der Waals surface area contributed by atoms with Gasteiger partial charge in [0.15, 0.2) is 5.75 Å². The molecule has 10 heteroatoms. The van der Waals surface area contributed by atoms with Crippen molar-refractivity contribution < 1.29 is 5.11 Å². The first kappa shape index (κ1) is 25.2. The van der Waals surface area contributed by atoms with Gasteiger partial charge in [0.1, 0.15) is 5.69 Å². The van der Waals surface area contributed by atoms with E-state index in [1.165, 1.54) is 0 Å². The number of anilines is 1. The molecule has 0 unspecified atom stereocenters. The molecule has 6 nitrogen and oxygen atoms in total. The van der Waals surface area contributed by atoms with Crippen LogP contribution in [0.3, 0.4) is 0 Å². The van der Waals surface area contributed by atoms with E-state index in [4.69, 9.17) is 5.73 Å². The average molecular weight is 514 g/mol. The molecule has 0 aromatic heterocycles. The van der Waals surface area contributed by atoms with Gasteiger partial charge < -0.3 is 10.8 Å².